The lowest BCUT2D eigenvalue weighted by atomic mass is 10.2. The highest BCUT2D eigenvalue weighted by Gasteiger charge is 2.05. The van der Waals surface area contributed by atoms with Gasteiger partial charge in [-0.3, -0.25) is 0 Å². The van der Waals surface area contributed by atoms with Crippen molar-refractivity contribution < 1.29 is 9.84 Å². The largest absolute Gasteiger partial charge is 0.507 e. The molecule has 0 bridgehead atoms. The Balaban J connectivity index is 3.08. The van der Waals surface area contributed by atoms with Crippen molar-refractivity contribution in [1.82, 2.24) is 0 Å². The number of nitrogens with two attached hydrogens (primary N) is 1. The number of phenolic OH excluding ortho intramolecular Hbond substituents is 1. The lowest BCUT2D eigenvalue weighted by Gasteiger charge is -2.06. The summed E-state index contributed by atoms with van der Waals surface area (Å²) in [5.74, 6) is 0.780. The second-order valence-corrected chi connectivity index (χ2v) is 3.54. The maximum atomic E-state index is 9.58. The molecule has 0 saturated carbocycles. The van der Waals surface area contributed by atoms with Gasteiger partial charge in [-0.15, -0.1) is 0 Å². The number of aromatic hydroxyl groups is 1. The van der Waals surface area contributed by atoms with Crippen molar-refractivity contribution >= 4 is 22.0 Å². The molecule has 0 heterocycles. The van der Waals surface area contributed by atoms with Crippen molar-refractivity contribution in [2.45, 2.75) is 0 Å². The average molecular weight is 258 g/mol. The summed E-state index contributed by atoms with van der Waals surface area (Å²) in [5, 5.41) is 9.58. The van der Waals surface area contributed by atoms with Crippen LogP contribution in [0.2, 0.25) is 0 Å². The molecule has 1 aromatic carbocycles. The van der Waals surface area contributed by atoms with E-state index >= 15 is 0 Å². The highest BCUT2D eigenvalue weighted by Crippen LogP contribution is 2.32. The Hall–Kier alpha value is -1.00. The lowest BCUT2D eigenvalue weighted by Crippen LogP contribution is -1.92. The molecule has 0 aliphatic heterocycles. The number of phenols is 1. The Morgan fingerprint density at radius 2 is 2.29 bits per heavy atom. The first kappa shape index (κ1) is 11.1. The molecule has 0 unspecified atom stereocenters. The Kier molecular flexibility index (Phi) is 3.98. The second kappa shape index (κ2) is 5.02. The van der Waals surface area contributed by atoms with Gasteiger partial charge in [-0.05, 0) is 22.0 Å². The minimum atomic E-state index is 0.176. The molecular weight excluding hydrogens is 246 g/mol. The van der Waals surface area contributed by atoms with Crippen LogP contribution in [-0.4, -0.2) is 18.8 Å². The smallest absolute Gasteiger partial charge is 0.136 e. The summed E-state index contributed by atoms with van der Waals surface area (Å²) in [6.45, 7) is 0.448. The maximum absolute atomic E-state index is 9.58. The summed E-state index contributed by atoms with van der Waals surface area (Å²) < 4.78 is 5.83. The minimum absolute atomic E-state index is 0.176. The molecule has 0 aliphatic rings. The van der Waals surface area contributed by atoms with E-state index in [4.69, 9.17) is 10.5 Å². The molecule has 0 aliphatic carbocycles. The molecule has 0 radical (unpaired) electrons. The standard InChI is InChI=1S/C10H12BrNO2/c1-14-10-6-9(13)7(3-2-4-12)5-8(10)11/h2-3,5-6,13H,4,12H2,1H3/b3-2+. The van der Waals surface area contributed by atoms with Gasteiger partial charge in [-0.25, -0.2) is 0 Å². The fourth-order valence-corrected chi connectivity index (χ4v) is 1.57. The zero-order chi connectivity index (χ0) is 10.6. The number of benzene rings is 1. The highest BCUT2D eigenvalue weighted by molar-refractivity contribution is 9.10. The van der Waals surface area contributed by atoms with Crippen molar-refractivity contribution in [3.05, 3.63) is 28.2 Å². The van der Waals surface area contributed by atoms with Gasteiger partial charge in [0.2, 0.25) is 0 Å². The molecule has 0 spiro atoms. The van der Waals surface area contributed by atoms with Gasteiger partial charge >= 0.3 is 0 Å². The Morgan fingerprint density at radius 1 is 1.57 bits per heavy atom. The fraction of sp³-hybridized carbons (Fsp3) is 0.200. The summed E-state index contributed by atoms with van der Waals surface area (Å²) in [7, 11) is 1.55. The van der Waals surface area contributed by atoms with Crippen LogP contribution in [0.3, 0.4) is 0 Å². The number of rotatable bonds is 3. The first-order valence-electron chi connectivity index (χ1n) is 4.12. The molecule has 3 nitrogen and oxygen atoms in total. The number of methoxy groups -OCH3 is 1. The van der Waals surface area contributed by atoms with Gasteiger partial charge in [-0.1, -0.05) is 12.2 Å². The fourth-order valence-electron chi connectivity index (χ4n) is 1.04. The third kappa shape index (κ3) is 2.49. The van der Waals surface area contributed by atoms with Crippen molar-refractivity contribution in [3.8, 4) is 11.5 Å². The molecule has 0 saturated heterocycles. The number of hydrogen-bond acceptors (Lipinski definition) is 3. The molecule has 1 aromatic rings. The average Bonchev–Trinajstić information content (AvgIpc) is 2.18. The predicted octanol–water partition coefficient (Wildman–Crippen LogP) is 2.14. The summed E-state index contributed by atoms with van der Waals surface area (Å²) in [6.07, 6.45) is 3.54. The van der Waals surface area contributed by atoms with E-state index in [1.165, 1.54) is 0 Å². The zero-order valence-electron chi connectivity index (χ0n) is 7.83. The van der Waals surface area contributed by atoms with Gasteiger partial charge < -0.3 is 15.6 Å². The molecule has 3 N–H and O–H groups in total. The van der Waals surface area contributed by atoms with Crippen LogP contribution in [0.1, 0.15) is 5.56 Å². The van der Waals surface area contributed by atoms with E-state index < -0.39 is 0 Å². The van der Waals surface area contributed by atoms with Crippen LogP contribution >= 0.6 is 15.9 Å². The van der Waals surface area contributed by atoms with Gasteiger partial charge in [0.1, 0.15) is 11.5 Å². The van der Waals surface area contributed by atoms with Gasteiger partial charge in [0, 0.05) is 18.2 Å². The van der Waals surface area contributed by atoms with E-state index in [0.29, 0.717) is 17.9 Å². The van der Waals surface area contributed by atoms with Crippen molar-refractivity contribution in [2.75, 3.05) is 13.7 Å². The van der Waals surface area contributed by atoms with Crippen LogP contribution in [0.25, 0.3) is 6.08 Å². The first-order chi connectivity index (χ1) is 6.69. The van der Waals surface area contributed by atoms with Crippen molar-refractivity contribution in [1.29, 1.82) is 0 Å². The molecule has 0 atom stereocenters. The summed E-state index contributed by atoms with van der Waals surface area (Å²) >= 11 is 3.33. The Labute approximate surface area is 91.3 Å². The SMILES string of the molecule is COc1cc(O)c(/C=C/CN)cc1Br. The third-order valence-electron chi connectivity index (χ3n) is 1.73. The van der Waals surface area contributed by atoms with Crippen LogP contribution in [-0.2, 0) is 0 Å². The van der Waals surface area contributed by atoms with Gasteiger partial charge in [0.25, 0.3) is 0 Å². The monoisotopic (exact) mass is 257 g/mol. The molecular formula is C10H12BrNO2. The van der Waals surface area contributed by atoms with E-state index in [9.17, 15) is 5.11 Å². The van der Waals surface area contributed by atoms with E-state index in [1.807, 2.05) is 0 Å². The predicted molar refractivity (Wildman–Crippen MR) is 60.4 cm³/mol. The molecule has 1 rings (SSSR count). The second-order valence-electron chi connectivity index (χ2n) is 2.68. The Bertz CT molecular complexity index is 350. The van der Waals surface area contributed by atoms with Crippen molar-refractivity contribution in [2.24, 2.45) is 5.73 Å². The van der Waals surface area contributed by atoms with Crippen LogP contribution in [0, 0.1) is 0 Å². The molecule has 4 heteroatoms. The van der Waals surface area contributed by atoms with Crippen molar-refractivity contribution in [3.63, 3.8) is 0 Å². The number of halogens is 1. The lowest BCUT2D eigenvalue weighted by molar-refractivity contribution is 0.405. The number of hydrogen-bond donors (Lipinski definition) is 2. The van der Waals surface area contributed by atoms with Gasteiger partial charge in [0.15, 0.2) is 0 Å². The van der Waals surface area contributed by atoms with Crippen LogP contribution in [0.5, 0.6) is 11.5 Å². The molecule has 76 valence electrons. The molecule has 0 aromatic heterocycles. The molecule has 0 fully saturated rings. The van der Waals surface area contributed by atoms with Crippen LogP contribution in [0.15, 0.2) is 22.7 Å². The molecule has 14 heavy (non-hydrogen) atoms. The van der Waals surface area contributed by atoms with Gasteiger partial charge in [-0.2, -0.15) is 0 Å². The van der Waals surface area contributed by atoms with E-state index in [-0.39, 0.29) is 5.75 Å². The quantitative estimate of drug-likeness (QED) is 0.873. The van der Waals surface area contributed by atoms with Gasteiger partial charge in [0.05, 0.1) is 11.6 Å². The summed E-state index contributed by atoms with van der Waals surface area (Å²) in [6, 6.07) is 3.33. The van der Waals surface area contributed by atoms with E-state index in [0.717, 1.165) is 4.47 Å². The maximum Gasteiger partial charge on any atom is 0.136 e. The number of ether oxygens (including phenoxy) is 1. The zero-order valence-corrected chi connectivity index (χ0v) is 9.41. The highest BCUT2D eigenvalue weighted by atomic mass is 79.9. The minimum Gasteiger partial charge on any atom is -0.507 e. The third-order valence-corrected chi connectivity index (χ3v) is 2.35. The van der Waals surface area contributed by atoms with E-state index in [1.54, 1.807) is 31.4 Å². The normalized spacial score (nSPS) is 10.8. The topological polar surface area (TPSA) is 55.5 Å². The summed E-state index contributed by atoms with van der Waals surface area (Å²) in [4.78, 5) is 0. The van der Waals surface area contributed by atoms with Crippen LogP contribution < -0.4 is 10.5 Å². The first-order valence-corrected chi connectivity index (χ1v) is 4.91. The molecule has 0 amide bonds. The summed E-state index contributed by atoms with van der Waals surface area (Å²) in [5.41, 5.74) is 6.03. The Morgan fingerprint density at radius 3 is 2.86 bits per heavy atom. The van der Waals surface area contributed by atoms with E-state index in [2.05, 4.69) is 15.9 Å². The van der Waals surface area contributed by atoms with Crippen LogP contribution in [0.4, 0.5) is 0 Å².